The molecule has 0 atom stereocenters. The Bertz CT molecular complexity index is 634. The van der Waals surface area contributed by atoms with E-state index in [1.54, 1.807) is 0 Å². The normalized spacial score (nSPS) is 11.4. The van der Waals surface area contributed by atoms with Crippen molar-refractivity contribution in [3.8, 4) is 0 Å². The van der Waals surface area contributed by atoms with Gasteiger partial charge in [-0.25, -0.2) is 4.79 Å². The van der Waals surface area contributed by atoms with Crippen LogP contribution >= 0.6 is 15.9 Å². The fraction of sp³-hybridized carbons (Fsp3) is 0.429. The van der Waals surface area contributed by atoms with Crippen LogP contribution in [0.15, 0.2) is 27.1 Å². The second kappa shape index (κ2) is 6.34. The molecule has 2 rings (SSSR count). The number of rotatable bonds is 4. The topological polar surface area (TPSA) is 76.4 Å². The average molecular weight is 356 g/mol. The number of alkyl carbamates (subject to hydrolysis) is 1. The Morgan fingerprint density at radius 1 is 1.38 bits per heavy atom. The largest absolute Gasteiger partial charge is 0.444 e. The van der Waals surface area contributed by atoms with Crippen LogP contribution in [0.1, 0.15) is 20.8 Å². The Labute approximate surface area is 131 Å². The van der Waals surface area contributed by atoms with Crippen molar-refractivity contribution in [2.75, 3.05) is 18.4 Å². The van der Waals surface area contributed by atoms with Gasteiger partial charge in [-0.2, -0.15) is 4.98 Å². The third-order valence-electron chi connectivity index (χ3n) is 2.44. The first kappa shape index (κ1) is 15.6. The van der Waals surface area contributed by atoms with Crippen LogP contribution in [0.3, 0.4) is 0 Å². The molecule has 0 fully saturated rings. The summed E-state index contributed by atoms with van der Waals surface area (Å²) >= 11 is 3.42. The van der Waals surface area contributed by atoms with Gasteiger partial charge in [-0.3, -0.25) is 0 Å². The predicted molar refractivity (Wildman–Crippen MR) is 84.4 cm³/mol. The van der Waals surface area contributed by atoms with E-state index in [1.165, 1.54) is 0 Å². The van der Waals surface area contributed by atoms with E-state index >= 15 is 0 Å². The zero-order valence-corrected chi connectivity index (χ0v) is 13.8. The fourth-order valence-electron chi connectivity index (χ4n) is 1.64. The summed E-state index contributed by atoms with van der Waals surface area (Å²) in [6.45, 7) is 6.36. The Kier molecular flexibility index (Phi) is 4.72. The van der Waals surface area contributed by atoms with Crippen molar-refractivity contribution in [2.45, 2.75) is 26.4 Å². The van der Waals surface area contributed by atoms with Gasteiger partial charge in [0.25, 0.3) is 6.01 Å². The molecule has 0 saturated heterocycles. The number of carbonyl (C=O) groups excluding carboxylic acids is 1. The number of aromatic nitrogens is 1. The Morgan fingerprint density at radius 3 is 2.81 bits per heavy atom. The first-order valence-electron chi connectivity index (χ1n) is 6.61. The molecule has 7 heteroatoms. The Balaban J connectivity index is 1.80. The van der Waals surface area contributed by atoms with Crippen molar-refractivity contribution in [1.29, 1.82) is 0 Å². The summed E-state index contributed by atoms with van der Waals surface area (Å²) in [5.74, 6) is 0. The number of halogens is 1. The molecule has 0 spiro atoms. The monoisotopic (exact) mass is 355 g/mol. The number of ether oxygens (including phenoxy) is 1. The number of nitrogens with one attached hydrogen (secondary N) is 2. The van der Waals surface area contributed by atoms with Crippen LogP contribution in [-0.2, 0) is 4.74 Å². The lowest BCUT2D eigenvalue weighted by Crippen LogP contribution is -2.35. The van der Waals surface area contributed by atoms with Gasteiger partial charge in [0, 0.05) is 17.6 Å². The lowest BCUT2D eigenvalue weighted by atomic mass is 10.2. The van der Waals surface area contributed by atoms with Gasteiger partial charge < -0.3 is 19.8 Å². The maximum absolute atomic E-state index is 11.4. The Morgan fingerprint density at radius 2 is 2.14 bits per heavy atom. The van der Waals surface area contributed by atoms with Gasteiger partial charge >= 0.3 is 6.09 Å². The van der Waals surface area contributed by atoms with Crippen LogP contribution in [-0.4, -0.2) is 29.8 Å². The molecule has 0 saturated carbocycles. The minimum atomic E-state index is -0.496. The number of oxazole rings is 1. The van der Waals surface area contributed by atoms with Crippen molar-refractivity contribution in [1.82, 2.24) is 10.3 Å². The van der Waals surface area contributed by atoms with E-state index in [1.807, 2.05) is 39.0 Å². The molecule has 1 aromatic heterocycles. The molecule has 21 heavy (non-hydrogen) atoms. The highest BCUT2D eigenvalue weighted by Gasteiger charge is 2.15. The molecule has 0 aliphatic carbocycles. The summed E-state index contributed by atoms with van der Waals surface area (Å²) in [7, 11) is 0. The van der Waals surface area contributed by atoms with Crippen LogP contribution in [0.2, 0.25) is 0 Å². The molecule has 1 aromatic carbocycles. The van der Waals surface area contributed by atoms with Crippen molar-refractivity contribution >= 4 is 39.1 Å². The molecular weight excluding hydrogens is 338 g/mol. The third kappa shape index (κ3) is 4.63. The summed E-state index contributed by atoms with van der Waals surface area (Å²) in [6, 6.07) is 6.05. The van der Waals surface area contributed by atoms with Crippen molar-refractivity contribution in [2.24, 2.45) is 0 Å². The molecule has 0 unspecified atom stereocenters. The van der Waals surface area contributed by atoms with E-state index < -0.39 is 11.7 Å². The van der Waals surface area contributed by atoms with Gasteiger partial charge in [0.05, 0.1) is 0 Å². The van der Waals surface area contributed by atoms with Crippen LogP contribution in [0.25, 0.3) is 11.1 Å². The van der Waals surface area contributed by atoms with Crippen LogP contribution in [0.4, 0.5) is 10.8 Å². The second-order valence-corrected chi connectivity index (χ2v) is 6.32. The zero-order chi connectivity index (χ0) is 15.5. The van der Waals surface area contributed by atoms with Gasteiger partial charge in [0.2, 0.25) is 0 Å². The van der Waals surface area contributed by atoms with Crippen LogP contribution in [0.5, 0.6) is 0 Å². The molecular formula is C14H18BrN3O3. The summed E-state index contributed by atoms with van der Waals surface area (Å²) in [5, 5.41) is 5.66. The van der Waals surface area contributed by atoms with Gasteiger partial charge in [-0.15, -0.1) is 0 Å². The highest BCUT2D eigenvalue weighted by molar-refractivity contribution is 9.10. The lowest BCUT2D eigenvalue weighted by molar-refractivity contribution is 0.0530. The number of fused-ring (bicyclic) bond motifs is 1. The Hall–Kier alpha value is -1.76. The van der Waals surface area contributed by atoms with E-state index in [0.717, 1.165) is 9.99 Å². The highest BCUT2D eigenvalue weighted by atomic mass is 79.9. The first-order chi connectivity index (χ1) is 9.85. The van der Waals surface area contributed by atoms with Gasteiger partial charge in [-0.1, -0.05) is 6.07 Å². The molecule has 2 N–H and O–H groups in total. The third-order valence-corrected chi connectivity index (χ3v) is 3.08. The summed E-state index contributed by atoms with van der Waals surface area (Å²) in [5.41, 5.74) is 0.969. The molecule has 0 bridgehead atoms. The molecule has 6 nitrogen and oxygen atoms in total. The number of benzene rings is 1. The van der Waals surface area contributed by atoms with Crippen molar-refractivity contribution < 1.29 is 13.9 Å². The van der Waals surface area contributed by atoms with Crippen molar-refractivity contribution in [3.05, 3.63) is 22.7 Å². The number of carbonyl (C=O) groups is 1. The number of nitrogens with zero attached hydrogens (tertiary/aromatic N) is 1. The standard InChI is InChI=1S/C14H18BrN3O3/c1-14(2,3)21-13(19)17-8-7-16-12-18-11-9(15)5-4-6-10(11)20-12/h4-6H,7-8H2,1-3H3,(H,16,18)(H,17,19). The number of para-hydroxylation sites is 1. The molecule has 114 valence electrons. The molecule has 1 amide bonds. The maximum atomic E-state index is 11.4. The minimum absolute atomic E-state index is 0.412. The number of hydrogen-bond acceptors (Lipinski definition) is 5. The molecule has 1 heterocycles. The quantitative estimate of drug-likeness (QED) is 0.820. The first-order valence-corrected chi connectivity index (χ1v) is 7.40. The smallest absolute Gasteiger partial charge is 0.407 e. The minimum Gasteiger partial charge on any atom is -0.444 e. The lowest BCUT2D eigenvalue weighted by Gasteiger charge is -2.19. The average Bonchev–Trinajstić information content (AvgIpc) is 2.77. The van der Waals surface area contributed by atoms with Gasteiger partial charge in [0.1, 0.15) is 11.1 Å². The van der Waals surface area contributed by atoms with Crippen LogP contribution < -0.4 is 10.6 Å². The highest BCUT2D eigenvalue weighted by Crippen LogP contribution is 2.25. The maximum Gasteiger partial charge on any atom is 0.407 e. The van der Waals surface area contributed by atoms with Crippen molar-refractivity contribution in [3.63, 3.8) is 0 Å². The SMILES string of the molecule is CC(C)(C)OC(=O)NCCNc1nc2c(Br)cccc2o1. The zero-order valence-electron chi connectivity index (χ0n) is 12.2. The predicted octanol–water partition coefficient (Wildman–Crippen LogP) is 3.53. The van der Waals surface area contributed by atoms with E-state index in [-0.39, 0.29) is 0 Å². The van der Waals surface area contributed by atoms with E-state index in [9.17, 15) is 4.79 Å². The molecule has 0 radical (unpaired) electrons. The second-order valence-electron chi connectivity index (χ2n) is 5.46. The molecule has 0 aliphatic heterocycles. The van der Waals surface area contributed by atoms with E-state index in [0.29, 0.717) is 24.7 Å². The molecule has 0 aliphatic rings. The van der Waals surface area contributed by atoms with Gasteiger partial charge in [0.15, 0.2) is 5.58 Å². The number of hydrogen-bond donors (Lipinski definition) is 2. The summed E-state index contributed by atoms with van der Waals surface area (Å²) < 4.78 is 11.5. The van der Waals surface area contributed by atoms with E-state index in [2.05, 4.69) is 31.5 Å². The fourth-order valence-corrected chi connectivity index (χ4v) is 2.08. The summed E-state index contributed by atoms with van der Waals surface area (Å²) in [4.78, 5) is 15.8. The van der Waals surface area contributed by atoms with E-state index in [4.69, 9.17) is 9.15 Å². The summed E-state index contributed by atoms with van der Waals surface area (Å²) in [6.07, 6.45) is -0.440. The number of amides is 1. The van der Waals surface area contributed by atoms with Gasteiger partial charge in [-0.05, 0) is 48.8 Å². The number of anilines is 1. The van der Waals surface area contributed by atoms with Crippen LogP contribution in [0, 0.1) is 0 Å². The molecule has 2 aromatic rings.